The molecule has 1 aliphatic heterocycles. The fourth-order valence-corrected chi connectivity index (χ4v) is 4.51. The normalized spacial score (nSPS) is 17.3. The molecular formula is C23H31N5O. The van der Waals surface area contributed by atoms with E-state index in [0.717, 1.165) is 35.6 Å². The predicted molar refractivity (Wildman–Crippen MR) is 118 cm³/mol. The Morgan fingerprint density at radius 3 is 2.76 bits per heavy atom. The van der Waals surface area contributed by atoms with Gasteiger partial charge in [-0.2, -0.15) is 0 Å². The summed E-state index contributed by atoms with van der Waals surface area (Å²) in [6, 6.07) is 8.50. The molecule has 1 saturated heterocycles. The predicted octanol–water partition coefficient (Wildman–Crippen LogP) is 4.01. The van der Waals surface area contributed by atoms with Gasteiger partial charge in [0.2, 0.25) is 5.95 Å². The highest BCUT2D eigenvalue weighted by atomic mass is 16.3. The summed E-state index contributed by atoms with van der Waals surface area (Å²) in [7, 11) is 2.21. The third-order valence-corrected chi connectivity index (χ3v) is 6.01. The van der Waals surface area contributed by atoms with Crippen LogP contribution >= 0.6 is 0 Å². The number of hydrogen-bond acceptors (Lipinski definition) is 5. The molecule has 6 heteroatoms. The molecule has 154 valence electrons. The van der Waals surface area contributed by atoms with Crippen LogP contribution in [0.15, 0.2) is 24.3 Å². The maximum Gasteiger partial charge on any atom is 0.204 e. The van der Waals surface area contributed by atoms with Crippen LogP contribution in [0.2, 0.25) is 0 Å². The molecule has 0 saturated carbocycles. The van der Waals surface area contributed by atoms with E-state index >= 15 is 0 Å². The van der Waals surface area contributed by atoms with E-state index < -0.39 is 0 Å². The van der Waals surface area contributed by atoms with Crippen molar-refractivity contribution in [1.29, 1.82) is 0 Å². The first-order valence-electron chi connectivity index (χ1n) is 10.5. The number of imidazole rings is 1. The van der Waals surface area contributed by atoms with E-state index in [1.165, 1.54) is 30.5 Å². The Morgan fingerprint density at radius 2 is 2.00 bits per heavy atom. The zero-order valence-electron chi connectivity index (χ0n) is 17.9. The van der Waals surface area contributed by atoms with Crippen LogP contribution in [0, 0.1) is 20.8 Å². The molecule has 29 heavy (non-hydrogen) atoms. The average molecular weight is 394 g/mol. The molecule has 0 radical (unpaired) electrons. The smallest absolute Gasteiger partial charge is 0.204 e. The van der Waals surface area contributed by atoms with Crippen LogP contribution in [0.5, 0.6) is 5.75 Å². The van der Waals surface area contributed by atoms with Gasteiger partial charge in [-0.1, -0.05) is 6.07 Å². The largest absolute Gasteiger partial charge is 0.506 e. The van der Waals surface area contributed by atoms with Gasteiger partial charge in [0.25, 0.3) is 0 Å². The van der Waals surface area contributed by atoms with E-state index in [4.69, 9.17) is 4.98 Å². The first-order chi connectivity index (χ1) is 13.9. The Bertz CT molecular complexity index is 1030. The number of aromatic nitrogens is 3. The highest BCUT2D eigenvalue weighted by Gasteiger charge is 2.21. The van der Waals surface area contributed by atoms with Crippen LogP contribution in [0.25, 0.3) is 11.0 Å². The van der Waals surface area contributed by atoms with Gasteiger partial charge in [0.05, 0.1) is 17.6 Å². The number of hydrogen-bond donors (Lipinski definition) is 2. The molecule has 4 rings (SSSR count). The number of rotatable bonds is 6. The molecule has 0 amide bonds. The number of aryl methyl sites for hydroxylation is 3. The minimum Gasteiger partial charge on any atom is -0.506 e. The quantitative estimate of drug-likeness (QED) is 0.662. The summed E-state index contributed by atoms with van der Waals surface area (Å²) in [6.45, 7) is 8.72. The van der Waals surface area contributed by atoms with Crippen molar-refractivity contribution in [1.82, 2.24) is 19.4 Å². The van der Waals surface area contributed by atoms with Gasteiger partial charge < -0.3 is 19.9 Å². The van der Waals surface area contributed by atoms with E-state index in [9.17, 15) is 5.11 Å². The fourth-order valence-electron chi connectivity index (χ4n) is 4.51. The third-order valence-electron chi connectivity index (χ3n) is 6.01. The summed E-state index contributed by atoms with van der Waals surface area (Å²) >= 11 is 0. The van der Waals surface area contributed by atoms with Crippen molar-refractivity contribution in [2.45, 2.75) is 52.6 Å². The molecule has 3 aromatic rings. The van der Waals surface area contributed by atoms with Crippen molar-refractivity contribution in [2.24, 2.45) is 0 Å². The van der Waals surface area contributed by atoms with Crippen molar-refractivity contribution in [3.8, 4) is 5.75 Å². The van der Waals surface area contributed by atoms with Gasteiger partial charge in [-0.3, -0.25) is 4.98 Å². The number of benzene rings is 1. The molecule has 3 heterocycles. The minimum absolute atomic E-state index is 0.223. The van der Waals surface area contributed by atoms with Crippen LogP contribution in [0.1, 0.15) is 41.8 Å². The number of aromatic hydroxyl groups is 1. The van der Waals surface area contributed by atoms with Gasteiger partial charge in [0.15, 0.2) is 0 Å². The average Bonchev–Trinajstić information content (AvgIpc) is 3.22. The van der Waals surface area contributed by atoms with Crippen molar-refractivity contribution in [3.05, 3.63) is 46.8 Å². The summed E-state index contributed by atoms with van der Waals surface area (Å²) in [5, 5.41) is 13.9. The lowest BCUT2D eigenvalue weighted by Gasteiger charge is -2.19. The number of fused-ring (bicyclic) bond motifs is 1. The van der Waals surface area contributed by atoms with Crippen LogP contribution in [0.3, 0.4) is 0 Å². The van der Waals surface area contributed by atoms with E-state index in [1.54, 1.807) is 6.07 Å². The standard InChI is InChI=1S/C23H31N5O/c1-15-12-16(2)22-19(13-15)26-23(24-10-9-18-6-5-11-27(18)4)28(22)14-20-21(29)8-7-17(3)25-20/h7-8,12-13,18,29H,5-6,9-11,14H2,1-4H3,(H,24,26). The monoisotopic (exact) mass is 393 g/mol. The zero-order chi connectivity index (χ0) is 20.5. The number of likely N-dealkylation sites (tertiary alicyclic amines) is 1. The summed E-state index contributed by atoms with van der Waals surface area (Å²) in [5.74, 6) is 1.07. The van der Waals surface area contributed by atoms with Gasteiger partial charge >= 0.3 is 0 Å². The number of pyridine rings is 1. The highest BCUT2D eigenvalue weighted by molar-refractivity contribution is 5.83. The van der Waals surface area contributed by atoms with Crippen LogP contribution in [0.4, 0.5) is 5.95 Å². The van der Waals surface area contributed by atoms with E-state index in [1.807, 2.05) is 13.0 Å². The zero-order valence-corrected chi connectivity index (χ0v) is 17.9. The Morgan fingerprint density at radius 1 is 1.17 bits per heavy atom. The van der Waals surface area contributed by atoms with Gasteiger partial charge in [-0.15, -0.1) is 0 Å². The molecule has 1 atom stereocenters. The maximum atomic E-state index is 10.3. The second-order valence-corrected chi connectivity index (χ2v) is 8.38. The van der Waals surface area contributed by atoms with Crippen LogP contribution in [-0.4, -0.2) is 50.7 Å². The molecule has 6 nitrogen and oxygen atoms in total. The Hall–Kier alpha value is -2.60. The topological polar surface area (TPSA) is 66.2 Å². The van der Waals surface area contributed by atoms with E-state index in [-0.39, 0.29) is 5.75 Å². The molecule has 1 aliphatic rings. The van der Waals surface area contributed by atoms with Crippen molar-refractivity contribution in [3.63, 3.8) is 0 Å². The molecule has 1 fully saturated rings. The third kappa shape index (κ3) is 4.08. The summed E-state index contributed by atoms with van der Waals surface area (Å²) in [5.41, 5.74) is 6.03. The second kappa shape index (κ2) is 8.03. The maximum absolute atomic E-state index is 10.3. The lowest BCUT2D eigenvalue weighted by atomic mass is 10.1. The molecule has 1 aromatic carbocycles. The molecule has 0 spiro atoms. The summed E-state index contributed by atoms with van der Waals surface area (Å²) < 4.78 is 2.16. The Balaban J connectivity index is 1.66. The van der Waals surface area contributed by atoms with Gasteiger partial charge in [-0.25, -0.2) is 4.98 Å². The first-order valence-corrected chi connectivity index (χ1v) is 10.5. The van der Waals surface area contributed by atoms with E-state index in [2.05, 4.69) is 52.8 Å². The fraction of sp³-hybridized carbons (Fsp3) is 0.478. The Kier molecular flexibility index (Phi) is 5.46. The van der Waals surface area contributed by atoms with Crippen molar-refractivity contribution >= 4 is 17.0 Å². The van der Waals surface area contributed by atoms with E-state index in [0.29, 0.717) is 18.3 Å². The minimum atomic E-state index is 0.223. The highest BCUT2D eigenvalue weighted by Crippen LogP contribution is 2.28. The number of nitrogens with one attached hydrogen (secondary N) is 1. The molecular weight excluding hydrogens is 362 g/mol. The lowest BCUT2D eigenvalue weighted by molar-refractivity contribution is 0.301. The first kappa shape index (κ1) is 19.7. The molecule has 0 aliphatic carbocycles. The van der Waals surface area contributed by atoms with Gasteiger partial charge in [-0.05, 0) is 83.0 Å². The SMILES string of the molecule is Cc1cc(C)c2c(c1)nc(NCCC1CCCN1C)n2Cc1nc(C)ccc1O. The molecule has 2 aromatic heterocycles. The van der Waals surface area contributed by atoms with Crippen molar-refractivity contribution < 1.29 is 5.11 Å². The number of nitrogens with zero attached hydrogens (tertiary/aromatic N) is 4. The molecule has 2 N–H and O–H groups in total. The van der Waals surface area contributed by atoms with Crippen LogP contribution in [-0.2, 0) is 6.54 Å². The van der Waals surface area contributed by atoms with Crippen molar-refractivity contribution in [2.75, 3.05) is 25.5 Å². The molecule has 0 bridgehead atoms. The lowest BCUT2D eigenvalue weighted by Crippen LogP contribution is -2.27. The molecule has 1 unspecified atom stereocenters. The summed E-state index contributed by atoms with van der Waals surface area (Å²) in [4.78, 5) is 11.9. The number of anilines is 1. The summed E-state index contributed by atoms with van der Waals surface area (Å²) in [6.07, 6.45) is 3.66. The van der Waals surface area contributed by atoms with Gasteiger partial charge in [0.1, 0.15) is 11.4 Å². The second-order valence-electron chi connectivity index (χ2n) is 8.38. The Labute approximate surface area is 172 Å². The van der Waals surface area contributed by atoms with Gasteiger partial charge in [0, 0.05) is 18.3 Å². The van der Waals surface area contributed by atoms with Crippen LogP contribution < -0.4 is 5.32 Å².